The number of rotatable bonds is 5. The zero-order valence-electron chi connectivity index (χ0n) is 19.9. The summed E-state index contributed by atoms with van der Waals surface area (Å²) in [4.78, 5) is 27.0. The Kier molecular flexibility index (Phi) is 6.57. The molecule has 3 fully saturated rings. The molecule has 9 heteroatoms. The first kappa shape index (κ1) is 24.2. The molecular formula is C26H31F3N4O2. The van der Waals surface area contributed by atoms with Gasteiger partial charge in [-0.05, 0) is 64.1 Å². The summed E-state index contributed by atoms with van der Waals surface area (Å²) < 4.78 is 39.7. The number of aromatic nitrogens is 2. The molecule has 2 aliphatic heterocycles. The summed E-state index contributed by atoms with van der Waals surface area (Å²) >= 11 is 0. The number of piperidine rings is 1. The van der Waals surface area contributed by atoms with Gasteiger partial charge in [0.2, 0.25) is 0 Å². The molecule has 0 radical (unpaired) electrons. The number of aliphatic hydroxyl groups excluding tert-OH is 1. The van der Waals surface area contributed by atoms with Crippen molar-refractivity contribution < 1.29 is 23.1 Å². The lowest BCUT2D eigenvalue weighted by atomic mass is 9.99. The number of hydrogen-bond donors (Lipinski definition) is 1. The lowest BCUT2D eigenvalue weighted by Crippen LogP contribution is -2.49. The topological polar surface area (TPSA) is 69.6 Å². The summed E-state index contributed by atoms with van der Waals surface area (Å²) in [7, 11) is 0. The molecular weight excluding hydrogens is 457 g/mol. The van der Waals surface area contributed by atoms with Gasteiger partial charge < -0.3 is 10.0 Å². The third kappa shape index (κ3) is 4.93. The maximum absolute atomic E-state index is 13.6. The SMILES string of the molecule is Cc1nc(-c2cccc(C(F)(F)F)c2)nc(C2CC2)c1C(=O)N1CCC(N2CCCC2CO)CC1. The number of carbonyl (C=O) groups excluding carboxylic acids is 1. The Morgan fingerprint density at radius 3 is 2.49 bits per heavy atom. The van der Waals surface area contributed by atoms with Gasteiger partial charge in [0, 0.05) is 36.7 Å². The predicted octanol–water partition coefficient (Wildman–Crippen LogP) is 4.41. The fourth-order valence-electron chi connectivity index (χ4n) is 5.57. The summed E-state index contributed by atoms with van der Waals surface area (Å²) in [5, 5.41) is 9.66. The highest BCUT2D eigenvalue weighted by molar-refractivity contribution is 5.97. The number of halogens is 3. The van der Waals surface area contributed by atoms with Gasteiger partial charge in [0.15, 0.2) is 5.82 Å². The summed E-state index contributed by atoms with van der Waals surface area (Å²) in [5.74, 6) is 0.293. The third-order valence-corrected chi connectivity index (χ3v) is 7.60. The largest absolute Gasteiger partial charge is 0.416 e. The normalized spacial score (nSPS) is 22.1. The molecule has 2 aromatic rings. The molecule has 3 heterocycles. The number of likely N-dealkylation sites (tertiary alicyclic amines) is 2. The van der Waals surface area contributed by atoms with Crippen LogP contribution in [0.4, 0.5) is 13.2 Å². The Balaban J connectivity index is 1.37. The monoisotopic (exact) mass is 488 g/mol. The zero-order valence-corrected chi connectivity index (χ0v) is 19.9. The number of amides is 1. The van der Waals surface area contributed by atoms with Crippen LogP contribution in [0.2, 0.25) is 0 Å². The van der Waals surface area contributed by atoms with E-state index < -0.39 is 11.7 Å². The van der Waals surface area contributed by atoms with Gasteiger partial charge in [-0.15, -0.1) is 0 Å². The zero-order chi connectivity index (χ0) is 24.7. The summed E-state index contributed by atoms with van der Waals surface area (Å²) in [6.45, 7) is 4.20. The molecule has 0 bridgehead atoms. The Morgan fingerprint density at radius 2 is 1.83 bits per heavy atom. The van der Waals surface area contributed by atoms with Gasteiger partial charge in [-0.1, -0.05) is 12.1 Å². The minimum Gasteiger partial charge on any atom is -0.395 e. The van der Waals surface area contributed by atoms with Gasteiger partial charge in [-0.3, -0.25) is 9.69 Å². The van der Waals surface area contributed by atoms with Crippen LogP contribution < -0.4 is 0 Å². The molecule has 1 aromatic carbocycles. The van der Waals surface area contributed by atoms with E-state index in [1.165, 1.54) is 6.07 Å². The molecule has 1 atom stereocenters. The van der Waals surface area contributed by atoms with Gasteiger partial charge in [-0.25, -0.2) is 9.97 Å². The van der Waals surface area contributed by atoms with Crippen molar-refractivity contribution in [1.82, 2.24) is 19.8 Å². The Labute approximate surface area is 203 Å². The van der Waals surface area contributed by atoms with Crippen molar-refractivity contribution in [2.24, 2.45) is 0 Å². The van der Waals surface area contributed by atoms with Gasteiger partial charge >= 0.3 is 6.18 Å². The number of aryl methyl sites for hydroxylation is 1. The predicted molar refractivity (Wildman–Crippen MR) is 125 cm³/mol. The van der Waals surface area contributed by atoms with Crippen LogP contribution >= 0.6 is 0 Å². The summed E-state index contributed by atoms with van der Waals surface area (Å²) in [5.41, 5.74) is 1.25. The van der Waals surface area contributed by atoms with Crippen LogP contribution in [0.25, 0.3) is 11.4 Å². The fraction of sp³-hybridized carbons (Fsp3) is 0.577. The molecule has 2 saturated heterocycles. The highest BCUT2D eigenvalue weighted by atomic mass is 19.4. The molecule has 188 valence electrons. The average molecular weight is 489 g/mol. The number of alkyl halides is 3. The van der Waals surface area contributed by atoms with E-state index in [0.717, 1.165) is 57.2 Å². The van der Waals surface area contributed by atoms with Crippen molar-refractivity contribution in [2.75, 3.05) is 26.2 Å². The second-order valence-electron chi connectivity index (χ2n) is 9.99. The number of benzene rings is 1. The van der Waals surface area contributed by atoms with Crippen molar-refractivity contribution >= 4 is 5.91 Å². The van der Waals surface area contributed by atoms with E-state index in [1.54, 1.807) is 13.0 Å². The molecule has 1 amide bonds. The van der Waals surface area contributed by atoms with Gasteiger partial charge in [0.05, 0.1) is 29.1 Å². The van der Waals surface area contributed by atoms with Gasteiger partial charge in [0.1, 0.15) is 0 Å². The van der Waals surface area contributed by atoms with Crippen LogP contribution in [0.3, 0.4) is 0 Å². The van der Waals surface area contributed by atoms with Crippen LogP contribution in [0.5, 0.6) is 0 Å². The summed E-state index contributed by atoms with van der Waals surface area (Å²) in [6, 6.07) is 5.63. The summed E-state index contributed by atoms with van der Waals surface area (Å²) in [6.07, 6.45) is 1.24. The highest BCUT2D eigenvalue weighted by Gasteiger charge is 2.37. The molecule has 1 saturated carbocycles. The second-order valence-corrected chi connectivity index (χ2v) is 9.99. The lowest BCUT2D eigenvalue weighted by Gasteiger charge is -2.39. The number of nitrogens with zero attached hydrogens (tertiary/aromatic N) is 4. The average Bonchev–Trinajstić information content (AvgIpc) is 3.59. The molecule has 1 N–H and O–H groups in total. The van der Waals surface area contributed by atoms with Crippen molar-refractivity contribution in [1.29, 1.82) is 0 Å². The van der Waals surface area contributed by atoms with E-state index in [4.69, 9.17) is 0 Å². The fourth-order valence-corrected chi connectivity index (χ4v) is 5.57. The third-order valence-electron chi connectivity index (χ3n) is 7.60. The van der Waals surface area contributed by atoms with Crippen molar-refractivity contribution in [3.05, 3.63) is 46.8 Å². The number of aliphatic hydroxyl groups is 1. The molecule has 35 heavy (non-hydrogen) atoms. The minimum atomic E-state index is -4.45. The van der Waals surface area contributed by atoms with E-state index >= 15 is 0 Å². The minimum absolute atomic E-state index is 0.0847. The van der Waals surface area contributed by atoms with Crippen LogP contribution in [0.15, 0.2) is 24.3 Å². The maximum atomic E-state index is 13.6. The highest BCUT2D eigenvalue weighted by Crippen LogP contribution is 2.42. The quantitative estimate of drug-likeness (QED) is 0.675. The number of carbonyl (C=O) groups is 1. The molecule has 1 unspecified atom stereocenters. The maximum Gasteiger partial charge on any atom is 0.416 e. The van der Waals surface area contributed by atoms with E-state index in [2.05, 4.69) is 14.9 Å². The Morgan fingerprint density at radius 1 is 1.09 bits per heavy atom. The van der Waals surface area contributed by atoms with Crippen molar-refractivity contribution in [3.63, 3.8) is 0 Å². The van der Waals surface area contributed by atoms with E-state index in [0.29, 0.717) is 41.6 Å². The first-order valence-electron chi connectivity index (χ1n) is 12.5. The standard InChI is InChI=1S/C26H31F3N4O2/c1-16-22(25(35)32-12-9-20(10-13-32)33-11-3-6-21(33)15-34)23(17-7-8-17)31-24(30-16)18-4-2-5-19(14-18)26(27,28)29/h2,4-5,14,17,20-21,34H,3,6-13,15H2,1H3. The lowest BCUT2D eigenvalue weighted by molar-refractivity contribution is -0.137. The van der Waals surface area contributed by atoms with Crippen LogP contribution in [-0.4, -0.2) is 69.1 Å². The smallest absolute Gasteiger partial charge is 0.395 e. The second kappa shape index (κ2) is 9.50. The Hall–Kier alpha value is -2.52. The first-order chi connectivity index (χ1) is 16.8. The van der Waals surface area contributed by atoms with E-state index in [-0.39, 0.29) is 30.3 Å². The van der Waals surface area contributed by atoms with E-state index in [1.807, 2.05) is 4.90 Å². The van der Waals surface area contributed by atoms with Crippen molar-refractivity contribution in [3.8, 4) is 11.4 Å². The van der Waals surface area contributed by atoms with Crippen LogP contribution in [-0.2, 0) is 6.18 Å². The molecule has 1 aliphatic carbocycles. The number of hydrogen-bond acceptors (Lipinski definition) is 5. The van der Waals surface area contributed by atoms with E-state index in [9.17, 15) is 23.1 Å². The first-order valence-corrected chi connectivity index (χ1v) is 12.5. The Bertz CT molecular complexity index is 1090. The molecule has 6 nitrogen and oxygen atoms in total. The molecule has 5 rings (SSSR count). The van der Waals surface area contributed by atoms with Crippen LogP contribution in [0, 0.1) is 6.92 Å². The molecule has 0 spiro atoms. The van der Waals surface area contributed by atoms with Gasteiger partial charge in [-0.2, -0.15) is 13.2 Å². The van der Waals surface area contributed by atoms with Crippen LogP contribution in [0.1, 0.15) is 71.8 Å². The van der Waals surface area contributed by atoms with Gasteiger partial charge in [0.25, 0.3) is 5.91 Å². The molecule has 1 aromatic heterocycles. The molecule has 3 aliphatic rings. The van der Waals surface area contributed by atoms with Crippen molar-refractivity contribution in [2.45, 2.75) is 69.6 Å².